The van der Waals surface area contributed by atoms with E-state index in [0.29, 0.717) is 11.1 Å². The summed E-state index contributed by atoms with van der Waals surface area (Å²) < 4.78 is 63.2. The number of amidine groups is 1. The van der Waals surface area contributed by atoms with Gasteiger partial charge >= 0.3 is 7.60 Å². The number of carbonyl (C=O) groups excluding carboxylic acids is 1. The Balaban J connectivity index is 2.08. The molecule has 0 bridgehead atoms. The third kappa shape index (κ3) is 6.80. The number of aromatic nitrogens is 2. The second-order valence-electron chi connectivity index (χ2n) is 8.96. The number of imidazole rings is 1. The Morgan fingerprint density at radius 3 is 2.21 bits per heavy atom. The molecule has 1 heterocycles. The number of nitrogens with one attached hydrogen (secondary N) is 5. The normalized spacial score (nSPS) is 12.4. The summed E-state index contributed by atoms with van der Waals surface area (Å²) in [6.45, 7) is -0.468. The van der Waals surface area contributed by atoms with Crippen LogP contribution in [0.25, 0.3) is 33.5 Å². The lowest BCUT2D eigenvalue weighted by Crippen LogP contribution is -2.27. The van der Waals surface area contributed by atoms with E-state index in [1.165, 1.54) is 41.3 Å². The predicted molar refractivity (Wildman–Crippen MR) is 151 cm³/mol. The van der Waals surface area contributed by atoms with Crippen LogP contribution in [-0.4, -0.2) is 71.5 Å². The predicted octanol–water partition coefficient (Wildman–Crippen LogP) is 0.423. The SMILES string of the molecule is N=C(N)c1ccc2nc(-c3cc(C(=O)NCCP(=O)(O)O)cc(-c4ccccc4S(=O)(=O)NO)c3S(=O)(=O)NO)[nH]c2c1. The zero-order valence-corrected chi connectivity index (χ0v) is 24.2. The van der Waals surface area contributed by atoms with E-state index in [1.54, 1.807) is 0 Å². The minimum atomic E-state index is -4.88. The molecule has 0 unspecified atom stereocenters. The number of sulfonamides is 2. The van der Waals surface area contributed by atoms with Gasteiger partial charge in [-0.3, -0.25) is 14.8 Å². The van der Waals surface area contributed by atoms with Crippen LogP contribution in [0.5, 0.6) is 0 Å². The summed E-state index contributed by atoms with van der Waals surface area (Å²) in [5.41, 5.74) is 5.07. The van der Waals surface area contributed by atoms with Crippen LogP contribution in [0.15, 0.2) is 64.4 Å². The van der Waals surface area contributed by atoms with Crippen molar-refractivity contribution in [1.29, 1.82) is 5.41 Å². The van der Waals surface area contributed by atoms with Gasteiger partial charge in [0.2, 0.25) is 0 Å². The highest BCUT2D eigenvalue weighted by Crippen LogP contribution is 2.39. The molecule has 228 valence electrons. The maximum absolute atomic E-state index is 13.3. The zero-order valence-electron chi connectivity index (χ0n) is 21.6. The van der Waals surface area contributed by atoms with Crippen molar-refractivity contribution in [3.05, 3.63) is 65.7 Å². The van der Waals surface area contributed by atoms with Crippen molar-refractivity contribution in [2.24, 2.45) is 5.73 Å². The molecule has 4 rings (SSSR count). The van der Waals surface area contributed by atoms with Gasteiger partial charge < -0.3 is 36.2 Å². The third-order valence-corrected chi connectivity index (χ3v) is 9.26. The minimum absolute atomic E-state index is 0.170. The molecule has 0 radical (unpaired) electrons. The summed E-state index contributed by atoms with van der Waals surface area (Å²) in [5.74, 6) is -1.36. The molecule has 0 saturated carbocycles. The Bertz CT molecular complexity index is 2030. The summed E-state index contributed by atoms with van der Waals surface area (Å²) >= 11 is 0. The van der Waals surface area contributed by atoms with Crippen molar-refractivity contribution in [2.45, 2.75) is 9.79 Å². The summed E-state index contributed by atoms with van der Waals surface area (Å²) in [5, 5.41) is 28.9. The maximum Gasteiger partial charge on any atom is 0.327 e. The lowest BCUT2D eigenvalue weighted by atomic mass is 9.98. The molecule has 1 amide bonds. The number of nitrogens with zero attached hydrogens (tertiary/aromatic N) is 1. The number of nitrogens with two attached hydrogens (primary N) is 1. The van der Waals surface area contributed by atoms with Gasteiger partial charge in [0.15, 0.2) is 0 Å². The topological polar surface area (TPSA) is 298 Å². The molecular formula is C23H24N7O10PS2. The summed E-state index contributed by atoms with van der Waals surface area (Å²) in [6.07, 6.45) is -0.704. The smallest absolute Gasteiger partial charge is 0.327 e. The lowest BCUT2D eigenvalue weighted by molar-refractivity contribution is 0.0956. The molecule has 43 heavy (non-hydrogen) atoms. The van der Waals surface area contributed by atoms with Crippen LogP contribution in [0, 0.1) is 5.41 Å². The van der Waals surface area contributed by atoms with Gasteiger partial charge in [-0.15, -0.1) is 0 Å². The van der Waals surface area contributed by atoms with Crippen molar-refractivity contribution in [1.82, 2.24) is 25.1 Å². The number of amides is 1. The Morgan fingerprint density at radius 1 is 0.930 bits per heavy atom. The van der Waals surface area contributed by atoms with Gasteiger partial charge in [-0.05, 0) is 36.4 Å². The van der Waals surface area contributed by atoms with E-state index in [0.717, 1.165) is 23.1 Å². The minimum Gasteiger partial charge on any atom is -0.384 e. The highest BCUT2D eigenvalue weighted by molar-refractivity contribution is 7.90. The van der Waals surface area contributed by atoms with E-state index >= 15 is 0 Å². The van der Waals surface area contributed by atoms with Crippen molar-refractivity contribution in [3.63, 3.8) is 0 Å². The van der Waals surface area contributed by atoms with Crippen LogP contribution >= 0.6 is 7.60 Å². The highest BCUT2D eigenvalue weighted by atomic mass is 32.2. The molecular weight excluding hydrogens is 629 g/mol. The van der Waals surface area contributed by atoms with Gasteiger partial charge in [-0.1, -0.05) is 28.0 Å². The number of rotatable bonds is 11. The first kappa shape index (κ1) is 31.9. The van der Waals surface area contributed by atoms with Crippen LogP contribution in [-0.2, 0) is 24.6 Å². The summed E-state index contributed by atoms with van der Waals surface area (Å²) in [7, 11) is -14.0. The number of H-pyrrole nitrogens is 1. The number of hydrogen-bond acceptors (Lipinski definition) is 10. The van der Waals surface area contributed by atoms with Crippen molar-refractivity contribution in [2.75, 3.05) is 12.7 Å². The first-order valence-electron chi connectivity index (χ1n) is 11.8. The van der Waals surface area contributed by atoms with E-state index in [1.807, 2.05) is 0 Å². The highest BCUT2D eigenvalue weighted by Gasteiger charge is 2.31. The number of nitrogen functional groups attached to an aromatic ring is 1. The van der Waals surface area contributed by atoms with E-state index in [-0.39, 0.29) is 33.9 Å². The van der Waals surface area contributed by atoms with Gasteiger partial charge in [0.1, 0.15) is 16.6 Å². The molecule has 0 aliphatic rings. The lowest BCUT2D eigenvalue weighted by Gasteiger charge is -2.18. The van der Waals surface area contributed by atoms with Crippen molar-refractivity contribution < 1.29 is 46.4 Å². The maximum atomic E-state index is 13.3. The fourth-order valence-electron chi connectivity index (χ4n) is 4.17. The Kier molecular flexibility index (Phi) is 8.84. The molecule has 0 aliphatic heterocycles. The summed E-state index contributed by atoms with van der Waals surface area (Å²) in [4.78, 5) is 39.7. The quantitative estimate of drug-likeness (QED) is 0.0456. The van der Waals surface area contributed by atoms with Crippen LogP contribution in [0.4, 0.5) is 0 Å². The molecule has 17 nitrogen and oxygen atoms in total. The second-order valence-corrected chi connectivity index (χ2v) is 14.0. The molecule has 0 fully saturated rings. The largest absolute Gasteiger partial charge is 0.384 e. The number of aromatic amines is 1. The molecule has 0 spiro atoms. The zero-order chi connectivity index (χ0) is 31.7. The molecule has 0 aliphatic carbocycles. The molecule has 0 atom stereocenters. The number of fused-ring (bicyclic) bond motifs is 1. The van der Waals surface area contributed by atoms with Gasteiger partial charge in [-0.2, -0.15) is 0 Å². The Labute approximate surface area is 243 Å². The van der Waals surface area contributed by atoms with E-state index in [9.17, 15) is 36.6 Å². The Hall–Kier alpha value is -4.04. The van der Waals surface area contributed by atoms with Crippen LogP contribution < -0.4 is 20.8 Å². The number of carbonyl (C=O) groups is 1. The fourth-order valence-corrected chi connectivity index (χ4v) is 6.39. The van der Waals surface area contributed by atoms with E-state index in [2.05, 4.69) is 15.3 Å². The Morgan fingerprint density at radius 2 is 1.58 bits per heavy atom. The van der Waals surface area contributed by atoms with Gasteiger partial charge in [-0.25, -0.2) is 21.8 Å². The van der Waals surface area contributed by atoms with Gasteiger partial charge in [0.05, 0.1) is 22.1 Å². The first-order valence-corrected chi connectivity index (χ1v) is 16.6. The molecule has 20 heteroatoms. The second kappa shape index (κ2) is 11.9. The number of hydrogen-bond donors (Lipinski definition) is 10. The van der Waals surface area contributed by atoms with Crippen LogP contribution in [0.1, 0.15) is 15.9 Å². The third-order valence-electron chi connectivity index (χ3n) is 6.06. The van der Waals surface area contributed by atoms with Crippen molar-refractivity contribution in [3.8, 4) is 22.5 Å². The summed E-state index contributed by atoms with van der Waals surface area (Å²) in [6, 6.07) is 11.4. The van der Waals surface area contributed by atoms with Crippen LogP contribution in [0.2, 0.25) is 0 Å². The fraction of sp³-hybridized carbons (Fsp3) is 0.0870. The molecule has 11 N–H and O–H groups in total. The molecule has 3 aromatic carbocycles. The van der Waals surface area contributed by atoms with E-state index < -0.39 is 61.6 Å². The monoisotopic (exact) mass is 653 g/mol. The molecule has 1 aromatic heterocycles. The van der Waals surface area contributed by atoms with Gasteiger partial charge in [0, 0.05) is 34.4 Å². The van der Waals surface area contributed by atoms with E-state index in [4.69, 9.17) is 20.9 Å². The molecule has 4 aromatic rings. The standard InChI is InChI=1S/C23H24N7O10PS2/c24-21(25)12-5-6-17-18(11-12)28-22(27-17)16-10-13(23(31)26-7-8-41(34,35)36)9-15(20(16)43(39,40)30-33)14-3-1-2-4-19(14)42(37,38)29-32/h1-6,9-11,29-30,32-33H,7-8H2,(H3,24,25)(H,26,31)(H,27,28)(H2,34,35,36). The van der Waals surface area contributed by atoms with Gasteiger partial charge in [0.25, 0.3) is 26.0 Å². The average Bonchev–Trinajstić information content (AvgIpc) is 3.39. The first-order chi connectivity index (χ1) is 20.1. The average molecular weight is 654 g/mol. The van der Waals surface area contributed by atoms with Crippen LogP contribution in [0.3, 0.4) is 0 Å². The molecule has 0 saturated heterocycles. The van der Waals surface area contributed by atoms with Crippen molar-refractivity contribution >= 4 is 50.4 Å². The number of benzene rings is 3.